The second-order valence-corrected chi connectivity index (χ2v) is 4.31. The normalized spacial score (nSPS) is 12.7. The molecule has 2 aromatic rings. The van der Waals surface area contributed by atoms with Gasteiger partial charge in [-0.15, -0.1) is 0 Å². The highest BCUT2D eigenvalue weighted by atomic mass is 19.1. The van der Waals surface area contributed by atoms with Crippen molar-refractivity contribution in [3.8, 4) is 5.69 Å². The molecule has 0 saturated heterocycles. The summed E-state index contributed by atoms with van der Waals surface area (Å²) in [5, 5.41) is 7.37. The van der Waals surface area contributed by atoms with Crippen molar-refractivity contribution in [1.82, 2.24) is 20.1 Å². The van der Waals surface area contributed by atoms with Crippen molar-refractivity contribution in [2.45, 2.75) is 26.8 Å². The van der Waals surface area contributed by atoms with Crippen LogP contribution in [0, 0.1) is 19.7 Å². The molecule has 18 heavy (non-hydrogen) atoms. The minimum Gasteiger partial charge on any atom is -0.313 e. The van der Waals surface area contributed by atoms with Crippen molar-refractivity contribution < 1.29 is 4.39 Å². The minimum atomic E-state index is -0.289. The molecule has 2 rings (SSSR count). The zero-order valence-electron chi connectivity index (χ0n) is 11.0. The molecule has 1 aromatic carbocycles. The van der Waals surface area contributed by atoms with Gasteiger partial charge in [-0.1, -0.05) is 12.1 Å². The van der Waals surface area contributed by atoms with E-state index in [1.165, 1.54) is 6.07 Å². The molecule has 4 nitrogen and oxygen atoms in total. The number of para-hydroxylation sites is 1. The highest BCUT2D eigenvalue weighted by Crippen LogP contribution is 2.24. The number of aromatic nitrogens is 3. The maximum atomic E-state index is 14.1. The van der Waals surface area contributed by atoms with Crippen molar-refractivity contribution >= 4 is 0 Å². The second-order valence-electron chi connectivity index (χ2n) is 4.31. The number of hydrogen-bond donors (Lipinski definition) is 1. The Morgan fingerprint density at radius 1 is 1.33 bits per heavy atom. The molecule has 0 spiro atoms. The van der Waals surface area contributed by atoms with E-state index in [2.05, 4.69) is 15.4 Å². The van der Waals surface area contributed by atoms with Crippen LogP contribution in [0.25, 0.3) is 5.69 Å². The molecule has 96 valence electrons. The molecule has 1 heterocycles. The first-order chi connectivity index (χ1) is 8.54. The molecule has 0 bridgehead atoms. The van der Waals surface area contributed by atoms with Gasteiger partial charge in [-0.2, -0.15) is 5.10 Å². The largest absolute Gasteiger partial charge is 0.313 e. The molecule has 0 aliphatic heterocycles. The molecule has 0 aliphatic carbocycles. The Kier molecular flexibility index (Phi) is 3.43. The summed E-state index contributed by atoms with van der Waals surface area (Å²) in [6, 6.07) is 5.09. The van der Waals surface area contributed by atoms with Crippen molar-refractivity contribution in [1.29, 1.82) is 0 Å². The van der Waals surface area contributed by atoms with Gasteiger partial charge in [0.05, 0.1) is 0 Å². The van der Waals surface area contributed by atoms with Crippen LogP contribution < -0.4 is 5.32 Å². The van der Waals surface area contributed by atoms with Gasteiger partial charge in [0.15, 0.2) is 0 Å². The number of rotatable bonds is 3. The summed E-state index contributed by atoms with van der Waals surface area (Å²) < 4.78 is 15.7. The van der Waals surface area contributed by atoms with E-state index < -0.39 is 0 Å². The van der Waals surface area contributed by atoms with Crippen molar-refractivity contribution in [2.24, 2.45) is 0 Å². The molecule has 0 amide bonds. The van der Waals surface area contributed by atoms with Crippen LogP contribution in [0.1, 0.15) is 30.2 Å². The Bertz CT molecular complexity index is 562. The zero-order valence-corrected chi connectivity index (χ0v) is 11.0. The van der Waals surface area contributed by atoms with Crippen LogP contribution in [0.15, 0.2) is 18.2 Å². The Morgan fingerprint density at radius 2 is 2.06 bits per heavy atom. The SMILES string of the molecule is CNC(C)c1cccc(F)c1-n1nc(C)nc1C. The highest BCUT2D eigenvalue weighted by Gasteiger charge is 2.17. The zero-order chi connectivity index (χ0) is 13.3. The van der Waals surface area contributed by atoms with E-state index in [-0.39, 0.29) is 11.9 Å². The predicted molar refractivity (Wildman–Crippen MR) is 68.3 cm³/mol. The third-order valence-electron chi connectivity index (χ3n) is 3.00. The summed E-state index contributed by atoms with van der Waals surface area (Å²) in [7, 11) is 1.85. The molecular formula is C13H17FN4. The van der Waals surface area contributed by atoms with Gasteiger partial charge in [-0.3, -0.25) is 0 Å². The average Bonchev–Trinajstić information content (AvgIpc) is 2.67. The molecule has 5 heteroatoms. The van der Waals surface area contributed by atoms with Gasteiger partial charge in [-0.25, -0.2) is 14.1 Å². The molecular weight excluding hydrogens is 231 g/mol. The van der Waals surface area contributed by atoms with Crippen molar-refractivity contribution in [3.63, 3.8) is 0 Å². The maximum absolute atomic E-state index is 14.1. The lowest BCUT2D eigenvalue weighted by molar-refractivity contribution is 0.585. The lowest BCUT2D eigenvalue weighted by Crippen LogP contribution is -2.17. The smallest absolute Gasteiger partial charge is 0.149 e. The van der Waals surface area contributed by atoms with Crippen molar-refractivity contribution in [2.75, 3.05) is 7.05 Å². The fraction of sp³-hybridized carbons (Fsp3) is 0.385. The summed E-state index contributed by atoms with van der Waals surface area (Å²) >= 11 is 0. The van der Waals surface area contributed by atoms with Crippen LogP contribution >= 0.6 is 0 Å². The van der Waals surface area contributed by atoms with Gasteiger partial charge in [0, 0.05) is 6.04 Å². The molecule has 1 atom stereocenters. The second kappa shape index (κ2) is 4.86. The van der Waals surface area contributed by atoms with Gasteiger partial charge in [0.1, 0.15) is 23.2 Å². The van der Waals surface area contributed by atoms with Gasteiger partial charge in [0.2, 0.25) is 0 Å². The lowest BCUT2D eigenvalue weighted by Gasteiger charge is -2.16. The van der Waals surface area contributed by atoms with Crippen LogP contribution in [0.2, 0.25) is 0 Å². The maximum Gasteiger partial charge on any atom is 0.149 e. The summed E-state index contributed by atoms with van der Waals surface area (Å²) in [6.07, 6.45) is 0. The van der Waals surface area contributed by atoms with E-state index in [9.17, 15) is 4.39 Å². The summed E-state index contributed by atoms with van der Waals surface area (Å²) in [5.41, 5.74) is 1.34. The summed E-state index contributed by atoms with van der Waals surface area (Å²) in [6.45, 7) is 5.60. The number of hydrogen-bond acceptors (Lipinski definition) is 3. The number of nitrogens with one attached hydrogen (secondary N) is 1. The molecule has 0 fully saturated rings. The van der Waals surface area contributed by atoms with Gasteiger partial charge in [-0.05, 0) is 39.4 Å². The monoisotopic (exact) mass is 248 g/mol. The minimum absolute atomic E-state index is 0.0413. The quantitative estimate of drug-likeness (QED) is 0.906. The highest BCUT2D eigenvalue weighted by molar-refractivity contribution is 5.44. The Labute approximate surface area is 106 Å². The van der Waals surface area contributed by atoms with Crippen LogP contribution in [0.3, 0.4) is 0 Å². The van der Waals surface area contributed by atoms with Gasteiger partial charge in [0.25, 0.3) is 0 Å². The third-order valence-corrected chi connectivity index (χ3v) is 3.00. The van der Waals surface area contributed by atoms with Gasteiger partial charge >= 0.3 is 0 Å². The average molecular weight is 248 g/mol. The third kappa shape index (κ3) is 2.13. The van der Waals surface area contributed by atoms with E-state index in [4.69, 9.17) is 0 Å². The lowest BCUT2D eigenvalue weighted by atomic mass is 10.1. The summed E-state index contributed by atoms with van der Waals surface area (Å²) in [5.74, 6) is 1.03. The summed E-state index contributed by atoms with van der Waals surface area (Å²) in [4.78, 5) is 4.22. The Balaban J connectivity index is 2.66. The van der Waals surface area contributed by atoms with Crippen LogP contribution in [0.5, 0.6) is 0 Å². The number of halogens is 1. The first-order valence-corrected chi connectivity index (χ1v) is 5.91. The molecule has 0 aliphatic rings. The van der Waals surface area contributed by atoms with Crippen LogP contribution in [0.4, 0.5) is 4.39 Å². The van der Waals surface area contributed by atoms with E-state index >= 15 is 0 Å². The first-order valence-electron chi connectivity index (χ1n) is 5.91. The van der Waals surface area contributed by atoms with E-state index in [0.29, 0.717) is 17.3 Å². The Hall–Kier alpha value is -1.75. The van der Waals surface area contributed by atoms with E-state index in [1.807, 2.05) is 27.0 Å². The number of aryl methyl sites for hydroxylation is 2. The molecule has 1 unspecified atom stereocenters. The fourth-order valence-electron chi connectivity index (χ4n) is 1.99. The topological polar surface area (TPSA) is 42.7 Å². The molecule has 1 N–H and O–H groups in total. The number of benzene rings is 1. The number of nitrogens with zero attached hydrogens (tertiary/aromatic N) is 3. The Morgan fingerprint density at radius 3 is 2.61 bits per heavy atom. The molecule has 0 saturated carbocycles. The van der Waals surface area contributed by atoms with E-state index in [0.717, 1.165) is 5.56 Å². The first kappa shape index (κ1) is 12.7. The van der Waals surface area contributed by atoms with Crippen molar-refractivity contribution in [3.05, 3.63) is 41.2 Å². The standard InChI is InChI=1S/C13H17FN4/c1-8(15-4)11-6-5-7-12(14)13(11)18-10(3)16-9(2)17-18/h5-8,15H,1-4H3. The molecule has 0 radical (unpaired) electrons. The van der Waals surface area contributed by atoms with Crippen LogP contribution in [-0.2, 0) is 0 Å². The molecule has 1 aromatic heterocycles. The van der Waals surface area contributed by atoms with Crippen LogP contribution in [-0.4, -0.2) is 21.8 Å². The van der Waals surface area contributed by atoms with E-state index in [1.54, 1.807) is 17.7 Å². The van der Waals surface area contributed by atoms with Gasteiger partial charge < -0.3 is 5.32 Å². The predicted octanol–water partition coefficient (Wildman–Crippen LogP) is 2.30. The fourth-order valence-corrected chi connectivity index (χ4v) is 1.99.